The molecule has 0 N–H and O–H groups in total. The predicted octanol–water partition coefficient (Wildman–Crippen LogP) is 1.85. The summed E-state index contributed by atoms with van der Waals surface area (Å²) in [6.45, 7) is 8.97. The Morgan fingerprint density at radius 1 is 1.09 bits per heavy atom. The van der Waals surface area contributed by atoms with Gasteiger partial charge in [-0.25, -0.2) is 0 Å². The molecule has 1 fully saturated rings. The van der Waals surface area contributed by atoms with Crippen molar-refractivity contribution in [3.05, 3.63) is 25.3 Å². The van der Waals surface area contributed by atoms with Crippen molar-refractivity contribution in [2.75, 3.05) is 13.2 Å². The summed E-state index contributed by atoms with van der Waals surface area (Å²) in [7, 11) is 0. The minimum absolute atomic E-state index is 0.776. The average Bonchev–Trinajstić information content (AvgIpc) is 2.39. The molecule has 0 aromatic heterocycles. The summed E-state index contributed by atoms with van der Waals surface area (Å²) in [4.78, 5) is 0. The molecule has 0 radical (unpaired) electrons. The number of hydrogen-bond acceptors (Lipinski definition) is 2. The zero-order valence-electron chi connectivity index (χ0n) is 6.71. The molecule has 0 unspecified atom stereocenters. The molecule has 0 spiro atoms. The summed E-state index contributed by atoms with van der Waals surface area (Å²) >= 11 is -2.60. The van der Waals surface area contributed by atoms with Crippen molar-refractivity contribution < 1.29 is 6.15 Å². The molecule has 3 heteroatoms. The van der Waals surface area contributed by atoms with Crippen molar-refractivity contribution in [1.29, 1.82) is 0 Å². The zero-order valence-corrected chi connectivity index (χ0v) is 9.57. The molecule has 0 amide bonds. The molecule has 1 aliphatic heterocycles. The Balaban J connectivity index is 2.53. The zero-order chi connectivity index (χ0) is 8.16. The summed E-state index contributed by atoms with van der Waals surface area (Å²) in [5, 5.41) is 0. The van der Waals surface area contributed by atoms with Gasteiger partial charge in [0.15, 0.2) is 0 Å². The monoisotopic (exact) mass is 262 g/mol. The van der Waals surface area contributed by atoms with Crippen LogP contribution in [-0.4, -0.2) is 32.4 Å². The summed E-state index contributed by atoms with van der Waals surface area (Å²) < 4.78 is 13.2. The van der Waals surface area contributed by atoms with Crippen LogP contribution in [0.2, 0.25) is 8.87 Å². The second-order valence-electron chi connectivity index (χ2n) is 2.59. The van der Waals surface area contributed by atoms with Gasteiger partial charge in [0.2, 0.25) is 0 Å². The average molecular weight is 261 g/mol. The van der Waals surface area contributed by atoms with E-state index in [9.17, 15) is 0 Å². The van der Waals surface area contributed by atoms with Gasteiger partial charge in [0.25, 0.3) is 0 Å². The van der Waals surface area contributed by atoms with Crippen LogP contribution in [0.15, 0.2) is 25.3 Å². The third kappa shape index (κ3) is 2.32. The molecule has 62 valence electrons. The maximum atomic E-state index is 5.67. The van der Waals surface area contributed by atoms with E-state index in [1.807, 2.05) is 12.2 Å². The van der Waals surface area contributed by atoms with E-state index in [1.54, 1.807) is 0 Å². The Bertz CT molecular complexity index is 138. The fourth-order valence-electron chi connectivity index (χ4n) is 1.26. The molecule has 0 aromatic rings. The van der Waals surface area contributed by atoms with E-state index in [-0.39, 0.29) is 0 Å². The molecular formula is C8H14O2Sn. The Kier molecular flexibility index (Phi) is 3.61. The summed E-state index contributed by atoms with van der Waals surface area (Å²) in [5.74, 6) is 0. The molecule has 0 bridgehead atoms. The second kappa shape index (κ2) is 4.28. The minimum atomic E-state index is -2.60. The first-order valence-electron chi connectivity index (χ1n) is 3.83. The van der Waals surface area contributed by atoms with Gasteiger partial charge in [0.1, 0.15) is 0 Å². The molecule has 1 aliphatic rings. The molecule has 0 aromatic carbocycles. The summed E-state index contributed by atoms with van der Waals surface area (Å²) in [6.07, 6.45) is 3.82. The van der Waals surface area contributed by atoms with Crippen LogP contribution in [0.4, 0.5) is 0 Å². The number of rotatable bonds is 4. The molecule has 1 heterocycles. The molecular weight excluding hydrogens is 247 g/mol. The van der Waals surface area contributed by atoms with E-state index in [0.29, 0.717) is 0 Å². The van der Waals surface area contributed by atoms with Crippen molar-refractivity contribution >= 4 is 19.2 Å². The van der Waals surface area contributed by atoms with Crippen LogP contribution in [0.25, 0.3) is 0 Å². The van der Waals surface area contributed by atoms with E-state index in [4.69, 9.17) is 6.15 Å². The first-order valence-corrected chi connectivity index (χ1v) is 10.2. The third-order valence-corrected chi connectivity index (χ3v) is 11.1. The van der Waals surface area contributed by atoms with Gasteiger partial charge >= 0.3 is 72.8 Å². The van der Waals surface area contributed by atoms with Crippen LogP contribution < -0.4 is 0 Å². The third-order valence-electron chi connectivity index (χ3n) is 1.72. The van der Waals surface area contributed by atoms with Crippen molar-refractivity contribution in [1.82, 2.24) is 0 Å². The van der Waals surface area contributed by atoms with Crippen LogP contribution >= 0.6 is 0 Å². The van der Waals surface area contributed by atoms with E-state index in [0.717, 1.165) is 22.1 Å². The van der Waals surface area contributed by atoms with Crippen LogP contribution in [0.5, 0.6) is 0 Å². The first kappa shape index (κ1) is 9.29. The van der Waals surface area contributed by atoms with Crippen LogP contribution in [-0.2, 0) is 6.15 Å². The standard InChI is InChI=1S/2C3H5.C2H4O2.Sn/c2*1-3-2;3-1-2-4;/h2*3H,1-2H2;1-2H2;/q;;-2;+2. The van der Waals surface area contributed by atoms with Gasteiger partial charge in [-0.1, -0.05) is 0 Å². The van der Waals surface area contributed by atoms with Crippen molar-refractivity contribution in [2.45, 2.75) is 8.87 Å². The molecule has 1 saturated heterocycles. The number of hydrogen-bond donors (Lipinski definition) is 0. The van der Waals surface area contributed by atoms with E-state index in [1.165, 1.54) is 0 Å². The Labute approximate surface area is 72.9 Å². The molecule has 0 aliphatic carbocycles. The Hall–Kier alpha value is 0.199. The van der Waals surface area contributed by atoms with E-state index < -0.39 is 19.2 Å². The Morgan fingerprint density at radius 2 is 1.55 bits per heavy atom. The number of allylic oxidation sites excluding steroid dienone is 2. The van der Waals surface area contributed by atoms with Gasteiger partial charge in [-0.2, -0.15) is 0 Å². The van der Waals surface area contributed by atoms with Crippen LogP contribution in [0.1, 0.15) is 0 Å². The molecule has 0 atom stereocenters. The van der Waals surface area contributed by atoms with Crippen molar-refractivity contribution in [3.63, 3.8) is 0 Å². The van der Waals surface area contributed by atoms with Crippen LogP contribution in [0, 0.1) is 0 Å². The molecule has 0 saturated carbocycles. The van der Waals surface area contributed by atoms with E-state index in [2.05, 4.69) is 13.2 Å². The van der Waals surface area contributed by atoms with Gasteiger partial charge in [-0.05, 0) is 0 Å². The van der Waals surface area contributed by atoms with Gasteiger partial charge in [0.05, 0.1) is 0 Å². The van der Waals surface area contributed by atoms with Gasteiger partial charge in [0, 0.05) is 0 Å². The quantitative estimate of drug-likeness (QED) is 0.568. The van der Waals surface area contributed by atoms with E-state index >= 15 is 0 Å². The molecule has 11 heavy (non-hydrogen) atoms. The normalized spacial score (nSPS) is 21.5. The SMILES string of the molecule is C=C[CH2][Sn]1([CH2]C=C)[O]CC[O]1. The fourth-order valence-corrected chi connectivity index (χ4v) is 8.42. The first-order chi connectivity index (χ1) is 5.33. The maximum absolute atomic E-state index is 5.67. The van der Waals surface area contributed by atoms with Gasteiger partial charge < -0.3 is 0 Å². The predicted molar refractivity (Wildman–Crippen MR) is 47.7 cm³/mol. The Morgan fingerprint density at radius 3 is 1.91 bits per heavy atom. The van der Waals surface area contributed by atoms with Crippen LogP contribution in [0.3, 0.4) is 0 Å². The van der Waals surface area contributed by atoms with Gasteiger partial charge in [-0.15, -0.1) is 0 Å². The molecule has 1 rings (SSSR count). The summed E-state index contributed by atoms with van der Waals surface area (Å²) in [6, 6.07) is 0. The summed E-state index contributed by atoms with van der Waals surface area (Å²) in [5.41, 5.74) is 0. The molecule has 2 nitrogen and oxygen atoms in total. The fraction of sp³-hybridized carbons (Fsp3) is 0.500. The second-order valence-corrected chi connectivity index (χ2v) is 11.8. The topological polar surface area (TPSA) is 18.5 Å². The van der Waals surface area contributed by atoms with Crippen molar-refractivity contribution in [3.8, 4) is 0 Å². The van der Waals surface area contributed by atoms with Crippen molar-refractivity contribution in [2.24, 2.45) is 0 Å². The van der Waals surface area contributed by atoms with Gasteiger partial charge in [-0.3, -0.25) is 0 Å².